The van der Waals surface area contributed by atoms with Crippen molar-refractivity contribution in [3.63, 3.8) is 0 Å². The molecule has 1 aromatic carbocycles. The number of pyridine rings is 1. The third kappa shape index (κ3) is 4.59. The van der Waals surface area contributed by atoms with Gasteiger partial charge in [0.1, 0.15) is 4.88 Å². The topological polar surface area (TPSA) is 46.1 Å². The van der Waals surface area contributed by atoms with Gasteiger partial charge in [-0.25, -0.2) is 0 Å². The summed E-state index contributed by atoms with van der Waals surface area (Å²) in [7, 11) is 0. The SMILES string of the molecule is Cc1c(CNCCCNn2ccc(=O)c3ccccc32)sc(C(F)(F)F)c1Br. The second-order valence-corrected chi connectivity index (χ2v) is 8.19. The lowest BCUT2D eigenvalue weighted by Gasteiger charge is -2.13. The van der Waals surface area contributed by atoms with Crippen LogP contribution in [0.25, 0.3) is 10.9 Å². The Balaban J connectivity index is 1.50. The second-order valence-electron chi connectivity index (χ2n) is 6.30. The minimum Gasteiger partial charge on any atom is -0.326 e. The van der Waals surface area contributed by atoms with Gasteiger partial charge in [0.2, 0.25) is 0 Å². The Bertz CT molecular complexity index is 1030. The van der Waals surface area contributed by atoms with E-state index in [1.807, 2.05) is 22.9 Å². The Morgan fingerprint density at radius 2 is 1.93 bits per heavy atom. The molecule has 3 rings (SSSR count). The number of nitrogens with one attached hydrogen (secondary N) is 2. The van der Waals surface area contributed by atoms with Crippen molar-refractivity contribution >= 4 is 38.2 Å². The summed E-state index contributed by atoms with van der Waals surface area (Å²) >= 11 is 3.82. The van der Waals surface area contributed by atoms with E-state index in [2.05, 4.69) is 26.7 Å². The zero-order valence-corrected chi connectivity index (χ0v) is 17.5. The lowest BCUT2D eigenvalue weighted by molar-refractivity contribution is -0.134. The van der Waals surface area contributed by atoms with Crippen LogP contribution in [-0.2, 0) is 12.7 Å². The zero-order chi connectivity index (χ0) is 20.3. The van der Waals surface area contributed by atoms with Gasteiger partial charge in [-0.1, -0.05) is 12.1 Å². The van der Waals surface area contributed by atoms with E-state index in [0.29, 0.717) is 35.5 Å². The van der Waals surface area contributed by atoms with Gasteiger partial charge >= 0.3 is 6.18 Å². The molecule has 2 heterocycles. The lowest BCUT2D eigenvalue weighted by Crippen LogP contribution is -2.23. The molecule has 2 aromatic heterocycles. The van der Waals surface area contributed by atoms with Crippen LogP contribution in [-0.4, -0.2) is 17.8 Å². The maximum Gasteiger partial charge on any atom is 0.426 e. The molecular weight excluding hydrogens is 455 g/mol. The fourth-order valence-electron chi connectivity index (χ4n) is 2.85. The molecule has 0 atom stereocenters. The van der Waals surface area contributed by atoms with Crippen molar-refractivity contribution in [2.45, 2.75) is 26.1 Å². The van der Waals surface area contributed by atoms with Crippen LogP contribution in [0.3, 0.4) is 0 Å². The van der Waals surface area contributed by atoms with Gasteiger partial charge in [-0.15, -0.1) is 11.3 Å². The van der Waals surface area contributed by atoms with Crippen molar-refractivity contribution in [1.82, 2.24) is 9.99 Å². The molecule has 28 heavy (non-hydrogen) atoms. The summed E-state index contributed by atoms with van der Waals surface area (Å²) in [4.78, 5) is 12.0. The van der Waals surface area contributed by atoms with Crippen LogP contribution < -0.4 is 16.2 Å². The molecule has 0 unspecified atom stereocenters. The van der Waals surface area contributed by atoms with Gasteiger partial charge in [0.25, 0.3) is 0 Å². The third-order valence-electron chi connectivity index (χ3n) is 4.33. The number of rotatable bonds is 7. The van der Waals surface area contributed by atoms with Crippen LogP contribution in [0, 0.1) is 6.92 Å². The molecule has 3 aromatic rings. The molecule has 0 aliphatic heterocycles. The number of benzene rings is 1. The van der Waals surface area contributed by atoms with Gasteiger partial charge in [0, 0.05) is 40.1 Å². The predicted octanol–water partition coefficient (Wildman–Crippen LogP) is 4.88. The highest BCUT2D eigenvalue weighted by molar-refractivity contribution is 9.10. The van der Waals surface area contributed by atoms with Crippen molar-refractivity contribution in [3.05, 3.63) is 66.5 Å². The number of nitrogens with zero attached hydrogens (tertiary/aromatic N) is 1. The molecule has 0 radical (unpaired) electrons. The number of hydrogen-bond donors (Lipinski definition) is 2. The number of alkyl halides is 3. The molecule has 0 aliphatic rings. The molecule has 0 saturated carbocycles. The van der Waals surface area contributed by atoms with Crippen LogP contribution in [0.15, 0.2) is 45.8 Å². The van der Waals surface area contributed by atoms with Crippen LogP contribution >= 0.6 is 27.3 Å². The van der Waals surface area contributed by atoms with Gasteiger partial charge in [0.05, 0.1) is 5.52 Å². The number of hydrogen-bond acceptors (Lipinski definition) is 4. The normalized spacial score (nSPS) is 11.9. The number of thiophene rings is 1. The van der Waals surface area contributed by atoms with E-state index in [-0.39, 0.29) is 9.90 Å². The highest BCUT2D eigenvalue weighted by Crippen LogP contribution is 2.43. The summed E-state index contributed by atoms with van der Waals surface area (Å²) in [6.45, 7) is 3.39. The summed E-state index contributed by atoms with van der Waals surface area (Å²) in [5.74, 6) is 0. The molecule has 0 bridgehead atoms. The number of halogens is 4. The van der Waals surface area contributed by atoms with E-state index in [0.717, 1.165) is 23.3 Å². The smallest absolute Gasteiger partial charge is 0.326 e. The van der Waals surface area contributed by atoms with Crippen LogP contribution in [0.4, 0.5) is 13.2 Å². The lowest BCUT2D eigenvalue weighted by atomic mass is 10.2. The molecule has 0 spiro atoms. The molecule has 0 amide bonds. The fraction of sp³-hybridized carbons (Fsp3) is 0.316. The summed E-state index contributed by atoms with van der Waals surface area (Å²) in [6.07, 6.45) is -1.86. The first-order valence-corrected chi connectivity index (χ1v) is 10.3. The molecule has 2 N–H and O–H groups in total. The molecule has 0 aliphatic carbocycles. The Kier molecular flexibility index (Phi) is 6.47. The summed E-state index contributed by atoms with van der Waals surface area (Å²) < 4.78 is 40.8. The minimum absolute atomic E-state index is 0.0222. The first kappa shape index (κ1) is 20.9. The first-order valence-electron chi connectivity index (χ1n) is 8.69. The molecule has 9 heteroatoms. The average molecular weight is 474 g/mol. The van der Waals surface area contributed by atoms with E-state index in [9.17, 15) is 18.0 Å². The maximum atomic E-state index is 13.0. The van der Waals surface area contributed by atoms with Gasteiger partial charge in [0.15, 0.2) is 5.43 Å². The standard InChI is InChI=1S/C19H19BrF3N3OS/c1-12-16(28-18(17(12)20)19(21,22)23)11-24-8-4-9-25-26-10-7-15(27)13-5-2-3-6-14(13)26/h2-3,5-7,10,24-25H,4,8-9,11H2,1H3. The van der Waals surface area contributed by atoms with Crippen LogP contribution in [0.5, 0.6) is 0 Å². The van der Waals surface area contributed by atoms with Crippen LogP contribution in [0.2, 0.25) is 0 Å². The van der Waals surface area contributed by atoms with Gasteiger partial charge < -0.3 is 10.7 Å². The zero-order valence-electron chi connectivity index (χ0n) is 15.1. The van der Waals surface area contributed by atoms with Crippen LogP contribution in [0.1, 0.15) is 21.7 Å². The molecular formula is C19H19BrF3N3OS. The van der Waals surface area contributed by atoms with E-state index in [4.69, 9.17) is 0 Å². The van der Waals surface area contributed by atoms with E-state index < -0.39 is 11.1 Å². The minimum atomic E-state index is -4.34. The fourth-order valence-corrected chi connectivity index (χ4v) is 4.72. The highest BCUT2D eigenvalue weighted by Gasteiger charge is 2.36. The Morgan fingerprint density at radius 1 is 1.18 bits per heavy atom. The summed E-state index contributed by atoms with van der Waals surface area (Å²) in [6, 6.07) is 8.88. The van der Waals surface area contributed by atoms with Gasteiger partial charge in [-0.05, 0) is 53.5 Å². The molecule has 0 fully saturated rings. The second kappa shape index (κ2) is 8.67. The first-order chi connectivity index (χ1) is 13.3. The van der Waals surface area contributed by atoms with Crippen molar-refractivity contribution in [3.8, 4) is 0 Å². The quantitative estimate of drug-likeness (QED) is 0.480. The van der Waals surface area contributed by atoms with E-state index >= 15 is 0 Å². The van der Waals surface area contributed by atoms with Crippen molar-refractivity contribution in [1.29, 1.82) is 0 Å². The third-order valence-corrected chi connectivity index (χ3v) is 6.92. The molecule has 150 valence electrons. The van der Waals surface area contributed by atoms with E-state index in [1.54, 1.807) is 19.2 Å². The van der Waals surface area contributed by atoms with E-state index in [1.165, 1.54) is 6.07 Å². The Hall–Kier alpha value is -1.84. The van der Waals surface area contributed by atoms with Crippen molar-refractivity contribution in [2.24, 2.45) is 0 Å². The Morgan fingerprint density at radius 3 is 2.64 bits per heavy atom. The van der Waals surface area contributed by atoms with Crippen molar-refractivity contribution in [2.75, 3.05) is 18.5 Å². The van der Waals surface area contributed by atoms with Crippen molar-refractivity contribution < 1.29 is 13.2 Å². The number of aromatic nitrogens is 1. The summed E-state index contributed by atoms with van der Waals surface area (Å²) in [5.41, 5.74) is 4.65. The highest BCUT2D eigenvalue weighted by atomic mass is 79.9. The monoisotopic (exact) mass is 473 g/mol. The number of fused-ring (bicyclic) bond motifs is 1. The average Bonchev–Trinajstić information content (AvgIpc) is 2.95. The predicted molar refractivity (Wildman–Crippen MR) is 111 cm³/mol. The van der Waals surface area contributed by atoms with Gasteiger partial charge in [-0.3, -0.25) is 9.47 Å². The molecule has 0 saturated heterocycles. The summed E-state index contributed by atoms with van der Waals surface area (Å²) in [5, 5.41) is 3.84. The molecule has 4 nitrogen and oxygen atoms in total. The number of para-hydroxylation sites is 1. The largest absolute Gasteiger partial charge is 0.426 e. The Labute approximate surface area is 172 Å². The van der Waals surface area contributed by atoms with Gasteiger partial charge in [-0.2, -0.15) is 13.2 Å². The maximum absolute atomic E-state index is 13.0.